The molecule has 1 heterocycles. The highest BCUT2D eigenvalue weighted by Gasteiger charge is 2.10. The number of carbonyl (C=O) groups excluding carboxylic acids is 1. The van der Waals surface area contributed by atoms with E-state index in [1.165, 1.54) is 18.4 Å². The number of nitrogens with one attached hydrogen (secondary N) is 2. The Morgan fingerprint density at radius 3 is 3.06 bits per heavy atom. The van der Waals surface area contributed by atoms with Gasteiger partial charge in [0.15, 0.2) is 5.82 Å². The molecule has 1 aromatic rings. The first kappa shape index (κ1) is 11.9. The number of amides is 1. The number of hydrogen-bond acceptors (Lipinski definition) is 2. The minimum Gasteiger partial charge on any atom is -0.309 e. The summed E-state index contributed by atoms with van der Waals surface area (Å²) in [5.74, 6) is 0.663. The number of hydrogen-bond donors (Lipinski definition) is 2. The zero-order valence-electron chi connectivity index (χ0n) is 10.3. The Hall–Kier alpha value is -1.58. The topological polar surface area (TPSA) is 57.8 Å². The summed E-state index contributed by atoms with van der Waals surface area (Å²) in [5.41, 5.74) is 2.30. The van der Waals surface area contributed by atoms with Gasteiger partial charge in [-0.3, -0.25) is 9.89 Å². The summed E-state index contributed by atoms with van der Waals surface area (Å²) in [6.07, 6.45) is 8.25. The summed E-state index contributed by atoms with van der Waals surface area (Å²) in [6, 6.07) is 1.88. The summed E-state index contributed by atoms with van der Waals surface area (Å²) in [6.45, 7) is 2.05. The van der Waals surface area contributed by atoms with Crippen molar-refractivity contribution in [2.24, 2.45) is 0 Å². The monoisotopic (exact) mass is 233 g/mol. The predicted octanol–water partition coefficient (Wildman–Crippen LogP) is 2.80. The van der Waals surface area contributed by atoms with Crippen molar-refractivity contribution in [1.29, 1.82) is 0 Å². The van der Waals surface area contributed by atoms with Crippen molar-refractivity contribution in [3.63, 3.8) is 0 Å². The number of allylic oxidation sites excluding steroid dienone is 1. The Labute approximate surface area is 101 Å². The molecule has 0 saturated carbocycles. The van der Waals surface area contributed by atoms with Crippen molar-refractivity contribution in [1.82, 2.24) is 10.2 Å². The van der Waals surface area contributed by atoms with E-state index >= 15 is 0 Å². The Balaban J connectivity index is 1.86. The summed E-state index contributed by atoms with van der Waals surface area (Å²) in [4.78, 5) is 11.8. The predicted molar refractivity (Wildman–Crippen MR) is 67.8 cm³/mol. The van der Waals surface area contributed by atoms with Gasteiger partial charge in [0.05, 0.1) is 0 Å². The van der Waals surface area contributed by atoms with E-state index < -0.39 is 0 Å². The van der Waals surface area contributed by atoms with Gasteiger partial charge in [0.1, 0.15) is 0 Å². The maximum Gasteiger partial charge on any atom is 0.229 e. The highest BCUT2D eigenvalue weighted by Crippen LogP contribution is 2.20. The third-order valence-electron chi connectivity index (χ3n) is 3.05. The van der Waals surface area contributed by atoms with Gasteiger partial charge >= 0.3 is 0 Å². The van der Waals surface area contributed by atoms with Crippen molar-refractivity contribution in [2.75, 3.05) is 5.32 Å². The van der Waals surface area contributed by atoms with Crippen LogP contribution in [-0.4, -0.2) is 16.1 Å². The van der Waals surface area contributed by atoms with Gasteiger partial charge in [-0.2, -0.15) is 5.10 Å². The van der Waals surface area contributed by atoms with E-state index in [0.29, 0.717) is 12.2 Å². The van der Waals surface area contributed by atoms with E-state index in [1.807, 2.05) is 13.0 Å². The fourth-order valence-electron chi connectivity index (χ4n) is 2.07. The highest BCUT2D eigenvalue weighted by molar-refractivity contribution is 5.91. The molecule has 0 saturated heterocycles. The Morgan fingerprint density at radius 1 is 1.53 bits per heavy atom. The van der Waals surface area contributed by atoms with E-state index in [9.17, 15) is 4.79 Å². The zero-order valence-corrected chi connectivity index (χ0v) is 10.3. The normalized spacial score (nSPS) is 15.5. The Kier molecular flexibility index (Phi) is 3.96. The number of aryl methyl sites for hydroxylation is 1. The van der Waals surface area contributed by atoms with Crippen LogP contribution >= 0.6 is 0 Å². The molecule has 17 heavy (non-hydrogen) atoms. The lowest BCUT2D eigenvalue weighted by atomic mass is 9.97. The SMILES string of the molecule is CCc1cc(NC(=O)CC2=CCCCC2)n[nH]1. The minimum atomic E-state index is 0.0345. The number of carbonyl (C=O) groups is 1. The van der Waals surface area contributed by atoms with Crippen LogP contribution in [0, 0.1) is 0 Å². The molecule has 0 aromatic carbocycles. The number of anilines is 1. The molecule has 0 atom stereocenters. The van der Waals surface area contributed by atoms with Crippen LogP contribution in [0.5, 0.6) is 0 Å². The Morgan fingerprint density at radius 2 is 2.41 bits per heavy atom. The molecule has 2 N–H and O–H groups in total. The fraction of sp³-hybridized carbons (Fsp3) is 0.538. The largest absolute Gasteiger partial charge is 0.309 e. The lowest BCUT2D eigenvalue weighted by Crippen LogP contribution is -2.13. The van der Waals surface area contributed by atoms with Crippen LogP contribution in [0.3, 0.4) is 0 Å². The first-order chi connectivity index (χ1) is 8.28. The lowest BCUT2D eigenvalue weighted by molar-refractivity contribution is -0.115. The molecule has 0 aliphatic heterocycles. The number of aromatic amines is 1. The molecule has 0 bridgehead atoms. The quantitative estimate of drug-likeness (QED) is 0.786. The second-order valence-corrected chi connectivity index (χ2v) is 4.47. The number of rotatable bonds is 4. The standard InChI is InChI=1S/C13H19N3O/c1-2-11-9-12(16-15-11)14-13(17)8-10-6-4-3-5-7-10/h6,9H,2-5,7-8H2,1H3,(H2,14,15,16,17). The van der Waals surface area contributed by atoms with Crippen LogP contribution in [-0.2, 0) is 11.2 Å². The van der Waals surface area contributed by atoms with Crippen LogP contribution in [0.25, 0.3) is 0 Å². The smallest absolute Gasteiger partial charge is 0.229 e. The molecule has 4 heteroatoms. The average Bonchev–Trinajstić information content (AvgIpc) is 2.78. The molecule has 1 aliphatic rings. The zero-order chi connectivity index (χ0) is 12.1. The third kappa shape index (κ3) is 3.44. The minimum absolute atomic E-state index is 0.0345. The maximum absolute atomic E-state index is 11.8. The van der Waals surface area contributed by atoms with Crippen molar-refractivity contribution in [3.05, 3.63) is 23.4 Å². The van der Waals surface area contributed by atoms with Crippen LogP contribution in [0.2, 0.25) is 0 Å². The van der Waals surface area contributed by atoms with Gasteiger partial charge in [-0.1, -0.05) is 18.6 Å². The average molecular weight is 233 g/mol. The lowest BCUT2D eigenvalue weighted by Gasteiger charge is -2.11. The second kappa shape index (κ2) is 5.66. The molecular weight excluding hydrogens is 214 g/mol. The molecule has 92 valence electrons. The van der Waals surface area contributed by atoms with Crippen molar-refractivity contribution >= 4 is 11.7 Å². The van der Waals surface area contributed by atoms with E-state index in [0.717, 1.165) is 25.0 Å². The van der Waals surface area contributed by atoms with Crippen molar-refractivity contribution in [2.45, 2.75) is 45.4 Å². The van der Waals surface area contributed by atoms with Crippen LogP contribution < -0.4 is 5.32 Å². The van der Waals surface area contributed by atoms with Gasteiger partial charge in [0.25, 0.3) is 0 Å². The van der Waals surface area contributed by atoms with Crippen molar-refractivity contribution < 1.29 is 4.79 Å². The van der Waals surface area contributed by atoms with Crippen LogP contribution in [0.1, 0.15) is 44.7 Å². The molecule has 2 rings (SSSR count). The van der Waals surface area contributed by atoms with Gasteiger partial charge < -0.3 is 5.32 Å². The van der Waals surface area contributed by atoms with Crippen LogP contribution in [0.15, 0.2) is 17.7 Å². The van der Waals surface area contributed by atoms with E-state index in [1.54, 1.807) is 0 Å². The molecule has 0 spiro atoms. The molecule has 0 radical (unpaired) electrons. The number of nitrogens with zero attached hydrogens (tertiary/aromatic N) is 1. The molecule has 1 amide bonds. The molecular formula is C13H19N3O. The number of aromatic nitrogens is 2. The highest BCUT2D eigenvalue weighted by atomic mass is 16.1. The maximum atomic E-state index is 11.8. The fourth-order valence-corrected chi connectivity index (χ4v) is 2.07. The molecule has 4 nitrogen and oxygen atoms in total. The number of H-pyrrole nitrogens is 1. The summed E-state index contributed by atoms with van der Waals surface area (Å²) in [5, 5.41) is 9.75. The second-order valence-electron chi connectivity index (χ2n) is 4.47. The third-order valence-corrected chi connectivity index (χ3v) is 3.05. The van der Waals surface area contributed by atoms with E-state index in [4.69, 9.17) is 0 Å². The first-order valence-corrected chi connectivity index (χ1v) is 6.30. The summed E-state index contributed by atoms with van der Waals surface area (Å²) in [7, 11) is 0. The summed E-state index contributed by atoms with van der Waals surface area (Å²) < 4.78 is 0. The Bertz CT molecular complexity index is 420. The van der Waals surface area contributed by atoms with E-state index in [-0.39, 0.29) is 5.91 Å². The van der Waals surface area contributed by atoms with Gasteiger partial charge in [0, 0.05) is 18.2 Å². The molecule has 0 unspecified atom stereocenters. The van der Waals surface area contributed by atoms with Crippen molar-refractivity contribution in [3.8, 4) is 0 Å². The van der Waals surface area contributed by atoms with Crippen LogP contribution in [0.4, 0.5) is 5.82 Å². The molecule has 0 fully saturated rings. The van der Waals surface area contributed by atoms with Gasteiger partial charge in [0.2, 0.25) is 5.91 Å². The van der Waals surface area contributed by atoms with Gasteiger partial charge in [-0.05, 0) is 32.1 Å². The molecule has 1 aromatic heterocycles. The molecule has 1 aliphatic carbocycles. The summed E-state index contributed by atoms with van der Waals surface area (Å²) >= 11 is 0. The van der Waals surface area contributed by atoms with E-state index in [2.05, 4.69) is 21.6 Å². The van der Waals surface area contributed by atoms with Gasteiger partial charge in [-0.15, -0.1) is 0 Å². The van der Waals surface area contributed by atoms with Gasteiger partial charge in [-0.25, -0.2) is 0 Å². The first-order valence-electron chi connectivity index (χ1n) is 6.30.